The van der Waals surface area contributed by atoms with Gasteiger partial charge in [0.1, 0.15) is 0 Å². The first-order chi connectivity index (χ1) is 10.1. The molecular weight excluding hydrogens is 297 g/mol. The Hall–Kier alpha value is -0.820. The zero-order valence-electron chi connectivity index (χ0n) is 13.1. The number of alkyl halides is 3. The fourth-order valence-corrected chi connectivity index (χ4v) is 3.48. The molecule has 2 fully saturated rings. The minimum absolute atomic E-state index is 0.0834. The molecular formula is C15H25F3N2O2. The molecule has 0 radical (unpaired) electrons. The van der Waals surface area contributed by atoms with Crippen LogP contribution in [0, 0.1) is 11.8 Å². The molecule has 22 heavy (non-hydrogen) atoms. The molecule has 128 valence electrons. The Morgan fingerprint density at radius 2 is 2.05 bits per heavy atom. The Labute approximate surface area is 129 Å². The number of β-amino-alcohol motifs (C(OH)–C–C–N with tert-alkyl or cyclic N) is 1. The van der Waals surface area contributed by atoms with E-state index in [2.05, 4.69) is 19.2 Å². The molecule has 0 aromatic carbocycles. The zero-order valence-corrected chi connectivity index (χ0v) is 13.1. The Morgan fingerprint density at radius 1 is 1.36 bits per heavy atom. The summed E-state index contributed by atoms with van der Waals surface area (Å²) in [4.78, 5) is 13.4. The minimum Gasteiger partial charge on any atom is -0.379 e. The van der Waals surface area contributed by atoms with E-state index >= 15 is 0 Å². The average Bonchev–Trinajstić information content (AvgIpc) is 2.77. The lowest BCUT2D eigenvalue weighted by Crippen LogP contribution is -2.50. The average molecular weight is 322 g/mol. The number of aliphatic hydroxyl groups is 1. The van der Waals surface area contributed by atoms with Gasteiger partial charge in [0.05, 0.1) is 6.54 Å². The second-order valence-electron chi connectivity index (χ2n) is 6.93. The summed E-state index contributed by atoms with van der Waals surface area (Å²) in [6.45, 7) is 3.73. The van der Waals surface area contributed by atoms with Crippen molar-refractivity contribution in [3.63, 3.8) is 0 Å². The predicted octanol–water partition coefficient (Wildman–Crippen LogP) is 1.93. The van der Waals surface area contributed by atoms with Gasteiger partial charge in [0.25, 0.3) is 0 Å². The van der Waals surface area contributed by atoms with Crippen LogP contribution in [0.25, 0.3) is 0 Å². The van der Waals surface area contributed by atoms with Crippen molar-refractivity contribution >= 4 is 5.91 Å². The highest BCUT2D eigenvalue weighted by molar-refractivity contribution is 5.78. The summed E-state index contributed by atoms with van der Waals surface area (Å²) in [6.07, 6.45) is -1.89. The van der Waals surface area contributed by atoms with Crippen molar-refractivity contribution in [1.82, 2.24) is 10.2 Å². The van der Waals surface area contributed by atoms with E-state index in [0.29, 0.717) is 11.8 Å². The number of nitrogens with one attached hydrogen (secondary N) is 1. The fraction of sp³-hybridized carbons (Fsp3) is 0.933. The fourth-order valence-electron chi connectivity index (χ4n) is 3.48. The SMILES string of the molecule is CC1CCCC(NC(=O)CN2CCC(O)(C(F)(F)F)C2)C1C. The molecule has 0 spiro atoms. The number of carbonyl (C=O) groups excluding carboxylic acids is 1. The van der Waals surface area contributed by atoms with Crippen molar-refractivity contribution in [3.05, 3.63) is 0 Å². The summed E-state index contributed by atoms with van der Waals surface area (Å²) < 4.78 is 38.2. The third kappa shape index (κ3) is 3.74. The summed E-state index contributed by atoms with van der Waals surface area (Å²) in [5.74, 6) is 0.668. The second-order valence-corrected chi connectivity index (χ2v) is 6.93. The van der Waals surface area contributed by atoms with Crippen molar-refractivity contribution < 1.29 is 23.1 Å². The molecule has 1 aliphatic carbocycles. The molecule has 2 rings (SSSR count). The molecule has 1 saturated heterocycles. The minimum atomic E-state index is -4.65. The third-order valence-electron chi connectivity index (χ3n) is 5.27. The van der Waals surface area contributed by atoms with Gasteiger partial charge in [-0.3, -0.25) is 9.69 Å². The molecule has 7 heteroatoms. The number of carbonyl (C=O) groups is 1. The van der Waals surface area contributed by atoms with Crippen molar-refractivity contribution in [1.29, 1.82) is 0 Å². The smallest absolute Gasteiger partial charge is 0.379 e. The van der Waals surface area contributed by atoms with Gasteiger partial charge < -0.3 is 10.4 Å². The van der Waals surface area contributed by atoms with Gasteiger partial charge in [-0.05, 0) is 24.7 Å². The first-order valence-electron chi connectivity index (χ1n) is 7.93. The van der Waals surface area contributed by atoms with Crippen LogP contribution in [0.2, 0.25) is 0 Å². The Balaban J connectivity index is 1.83. The molecule has 1 saturated carbocycles. The first-order valence-corrected chi connectivity index (χ1v) is 7.93. The van der Waals surface area contributed by atoms with Gasteiger partial charge in [0.15, 0.2) is 5.60 Å². The van der Waals surface area contributed by atoms with Crippen LogP contribution in [0.1, 0.15) is 39.5 Å². The number of hydrogen-bond acceptors (Lipinski definition) is 3. The van der Waals surface area contributed by atoms with E-state index in [1.165, 1.54) is 4.90 Å². The number of hydrogen-bond donors (Lipinski definition) is 2. The second kappa shape index (κ2) is 6.35. The van der Waals surface area contributed by atoms with E-state index in [-0.39, 0.29) is 31.5 Å². The van der Waals surface area contributed by atoms with Crippen LogP contribution in [-0.4, -0.2) is 53.4 Å². The molecule has 4 unspecified atom stereocenters. The molecule has 0 aromatic rings. The largest absolute Gasteiger partial charge is 0.418 e. The number of nitrogens with zero attached hydrogens (tertiary/aromatic N) is 1. The highest BCUT2D eigenvalue weighted by atomic mass is 19.4. The topological polar surface area (TPSA) is 52.6 Å². The Bertz CT molecular complexity index is 416. The number of rotatable bonds is 3. The van der Waals surface area contributed by atoms with E-state index in [1.807, 2.05) is 0 Å². The van der Waals surface area contributed by atoms with Gasteiger partial charge in [0.2, 0.25) is 5.91 Å². The summed E-state index contributed by atoms with van der Waals surface area (Å²) in [5, 5.41) is 12.6. The molecule has 1 heterocycles. The van der Waals surface area contributed by atoms with Crippen molar-refractivity contribution in [2.24, 2.45) is 11.8 Å². The van der Waals surface area contributed by atoms with Gasteiger partial charge in [-0.15, -0.1) is 0 Å². The van der Waals surface area contributed by atoms with E-state index in [0.717, 1.165) is 19.3 Å². The lowest BCUT2D eigenvalue weighted by Gasteiger charge is -2.35. The van der Waals surface area contributed by atoms with E-state index in [4.69, 9.17) is 0 Å². The van der Waals surface area contributed by atoms with Crippen molar-refractivity contribution in [3.8, 4) is 0 Å². The monoisotopic (exact) mass is 322 g/mol. The maximum Gasteiger partial charge on any atom is 0.418 e. The van der Waals surface area contributed by atoms with E-state index < -0.39 is 18.3 Å². The molecule has 0 bridgehead atoms. The number of amides is 1. The van der Waals surface area contributed by atoms with Crippen LogP contribution < -0.4 is 5.32 Å². The van der Waals surface area contributed by atoms with Crippen LogP contribution in [0.15, 0.2) is 0 Å². The normalized spacial score (nSPS) is 37.3. The summed E-state index contributed by atoms with van der Waals surface area (Å²) in [5.41, 5.74) is -2.68. The molecule has 1 amide bonds. The summed E-state index contributed by atoms with van der Waals surface area (Å²) in [7, 11) is 0. The van der Waals surface area contributed by atoms with Crippen LogP contribution in [-0.2, 0) is 4.79 Å². The quantitative estimate of drug-likeness (QED) is 0.835. The first kappa shape index (κ1) is 17.5. The number of halogens is 3. The van der Waals surface area contributed by atoms with Crippen LogP contribution in [0.3, 0.4) is 0 Å². The third-order valence-corrected chi connectivity index (χ3v) is 5.27. The predicted molar refractivity (Wildman–Crippen MR) is 76.2 cm³/mol. The molecule has 1 aliphatic heterocycles. The summed E-state index contributed by atoms with van der Waals surface area (Å²) >= 11 is 0. The molecule has 2 aliphatic rings. The summed E-state index contributed by atoms with van der Waals surface area (Å²) in [6, 6.07) is 0.0975. The van der Waals surface area contributed by atoms with E-state index in [1.54, 1.807) is 0 Å². The van der Waals surface area contributed by atoms with Crippen molar-refractivity contribution in [2.45, 2.75) is 57.3 Å². The van der Waals surface area contributed by atoms with Gasteiger partial charge in [0, 0.05) is 19.1 Å². The Kier molecular flexibility index (Phi) is 5.06. The maximum absolute atomic E-state index is 12.7. The van der Waals surface area contributed by atoms with Crippen LogP contribution in [0.4, 0.5) is 13.2 Å². The van der Waals surface area contributed by atoms with Gasteiger partial charge in [-0.25, -0.2) is 0 Å². The molecule has 0 aromatic heterocycles. The van der Waals surface area contributed by atoms with Gasteiger partial charge in [-0.2, -0.15) is 13.2 Å². The zero-order chi connectivity index (χ0) is 16.5. The van der Waals surface area contributed by atoms with Gasteiger partial charge in [-0.1, -0.05) is 26.7 Å². The van der Waals surface area contributed by atoms with E-state index in [9.17, 15) is 23.1 Å². The maximum atomic E-state index is 12.7. The van der Waals surface area contributed by atoms with Crippen LogP contribution >= 0.6 is 0 Å². The highest BCUT2D eigenvalue weighted by Gasteiger charge is 2.57. The standard InChI is InChI=1S/C15H25F3N2O2/c1-10-4-3-5-12(11(10)2)19-13(21)8-20-7-6-14(22,9-20)15(16,17)18/h10-12,22H,3-9H2,1-2H3,(H,19,21). The van der Waals surface area contributed by atoms with Gasteiger partial charge >= 0.3 is 6.18 Å². The highest BCUT2D eigenvalue weighted by Crippen LogP contribution is 2.37. The molecule has 2 N–H and O–H groups in total. The molecule has 4 atom stereocenters. The molecule has 4 nitrogen and oxygen atoms in total. The Morgan fingerprint density at radius 3 is 2.64 bits per heavy atom. The lowest BCUT2D eigenvalue weighted by molar-refractivity contribution is -0.253. The lowest BCUT2D eigenvalue weighted by atomic mass is 9.78. The van der Waals surface area contributed by atoms with Crippen LogP contribution in [0.5, 0.6) is 0 Å². The number of likely N-dealkylation sites (tertiary alicyclic amines) is 1. The van der Waals surface area contributed by atoms with Crippen molar-refractivity contribution in [2.75, 3.05) is 19.6 Å².